The molecule has 1 N–H and O–H groups in total. The van der Waals surface area contributed by atoms with Crippen molar-refractivity contribution in [1.82, 2.24) is 5.32 Å². The molecule has 0 heterocycles. The van der Waals surface area contributed by atoms with Crippen molar-refractivity contribution >= 4 is 5.91 Å². The van der Waals surface area contributed by atoms with Crippen LogP contribution in [0.15, 0.2) is 30.3 Å². The quantitative estimate of drug-likeness (QED) is 0.709. The van der Waals surface area contributed by atoms with Gasteiger partial charge in [0.05, 0.1) is 21.3 Å². The SMILES string of the molecule is CC[C@@H](Oc1ccc(C)c(C)c1)C(=O)NCc1cc(OC)c(OC)c(OC)c1. The number of hydrogen-bond donors (Lipinski definition) is 1. The molecule has 1 amide bonds. The first-order valence-corrected chi connectivity index (χ1v) is 9.23. The number of benzene rings is 2. The summed E-state index contributed by atoms with van der Waals surface area (Å²) in [6.45, 7) is 6.31. The zero-order valence-corrected chi connectivity index (χ0v) is 17.4. The number of methoxy groups -OCH3 is 3. The minimum atomic E-state index is -0.566. The number of carbonyl (C=O) groups excluding carboxylic acids is 1. The topological polar surface area (TPSA) is 66.0 Å². The Kier molecular flexibility index (Phi) is 7.55. The molecule has 2 aromatic carbocycles. The van der Waals surface area contributed by atoms with Crippen molar-refractivity contribution in [2.45, 2.75) is 39.8 Å². The monoisotopic (exact) mass is 387 g/mol. The lowest BCUT2D eigenvalue weighted by molar-refractivity contribution is -0.128. The van der Waals surface area contributed by atoms with Gasteiger partial charge in [0.2, 0.25) is 5.75 Å². The predicted octanol–water partition coefficient (Wildman–Crippen LogP) is 3.80. The molecule has 1 atom stereocenters. The zero-order valence-electron chi connectivity index (χ0n) is 17.4. The average molecular weight is 387 g/mol. The number of nitrogens with one attached hydrogen (secondary N) is 1. The van der Waals surface area contributed by atoms with Gasteiger partial charge in [-0.15, -0.1) is 0 Å². The molecule has 0 saturated carbocycles. The molecule has 2 rings (SSSR count). The van der Waals surface area contributed by atoms with Gasteiger partial charge in [-0.3, -0.25) is 4.79 Å². The predicted molar refractivity (Wildman–Crippen MR) is 109 cm³/mol. The maximum Gasteiger partial charge on any atom is 0.261 e. The summed E-state index contributed by atoms with van der Waals surface area (Å²) in [5, 5.41) is 2.92. The summed E-state index contributed by atoms with van der Waals surface area (Å²) >= 11 is 0. The van der Waals surface area contributed by atoms with Crippen LogP contribution in [0.5, 0.6) is 23.0 Å². The second kappa shape index (κ2) is 9.88. The molecule has 0 aliphatic rings. The summed E-state index contributed by atoms with van der Waals surface area (Å²) in [5.74, 6) is 2.13. The number of rotatable bonds is 9. The van der Waals surface area contributed by atoms with E-state index in [2.05, 4.69) is 5.32 Å². The second-order valence-corrected chi connectivity index (χ2v) is 6.51. The fraction of sp³-hybridized carbons (Fsp3) is 0.409. The maximum atomic E-state index is 12.6. The molecule has 6 heteroatoms. The summed E-state index contributed by atoms with van der Waals surface area (Å²) in [7, 11) is 4.67. The summed E-state index contributed by atoms with van der Waals surface area (Å²) in [6.07, 6.45) is -0.00210. The van der Waals surface area contributed by atoms with Crippen LogP contribution in [0.4, 0.5) is 0 Å². The smallest absolute Gasteiger partial charge is 0.261 e. The van der Waals surface area contributed by atoms with Crippen molar-refractivity contribution in [1.29, 1.82) is 0 Å². The van der Waals surface area contributed by atoms with Gasteiger partial charge in [-0.05, 0) is 61.2 Å². The number of ether oxygens (including phenoxy) is 4. The van der Waals surface area contributed by atoms with E-state index in [1.54, 1.807) is 21.3 Å². The van der Waals surface area contributed by atoms with Crippen molar-refractivity contribution in [3.63, 3.8) is 0 Å². The van der Waals surface area contributed by atoms with Gasteiger partial charge in [0, 0.05) is 6.54 Å². The van der Waals surface area contributed by atoms with Gasteiger partial charge >= 0.3 is 0 Å². The number of aryl methyl sites for hydroxylation is 2. The Morgan fingerprint density at radius 3 is 2.11 bits per heavy atom. The van der Waals surface area contributed by atoms with E-state index in [-0.39, 0.29) is 5.91 Å². The molecule has 0 fully saturated rings. The third kappa shape index (κ3) is 5.09. The Morgan fingerprint density at radius 2 is 1.61 bits per heavy atom. The third-order valence-corrected chi connectivity index (χ3v) is 4.61. The largest absolute Gasteiger partial charge is 0.493 e. The highest BCUT2D eigenvalue weighted by molar-refractivity contribution is 5.81. The van der Waals surface area contributed by atoms with E-state index in [1.165, 1.54) is 5.56 Å². The first-order chi connectivity index (χ1) is 13.4. The van der Waals surface area contributed by atoms with E-state index in [4.69, 9.17) is 18.9 Å². The minimum Gasteiger partial charge on any atom is -0.493 e. The highest BCUT2D eigenvalue weighted by atomic mass is 16.5. The average Bonchev–Trinajstić information content (AvgIpc) is 2.71. The highest BCUT2D eigenvalue weighted by Gasteiger charge is 2.19. The number of amides is 1. The molecule has 0 unspecified atom stereocenters. The van der Waals surface area contributed by atoms with Crippen molar-refractivity contribution in [2.24, 2.45) is 0 Å². The molecule has 2 aromatic rings. The Morgan fingerprint density at radius 1 is 0.964 bits per heavy atom. The molecule has 6 nitrogen and oxygen atoms in total. The zero-order chi connectivity index (χ0) is 20.7. The van der Waals surface area contributed by atoms with Crippen LogP contribution in [0.1, 0.15) is 30.0 Å². The lowest BCUT2D eigenvalue weighted by Crippen LogP contribution is -2.37. The molecule has 0 spiro atoms. The Balaban J connectivity index is 2.07. The lowest BCUT2D eigenvalue weighted by atomic mass is 10.1. The summed E-state index contributed by atoms with van der Waals surface area (Å²) < 4.78 is 21.9. The van der Waals surface area contributed by atoms with Crippen LogP contribution in [-0.2, 0) is 11.3 Å². The number of carbonyl (C=O) groups is 1. The van der Waals surface area contributed by atoms with Gasteiger partial charge in [0.15, 0.2) is 17.6 Å². The molecule has 0 aliphatic carbocycles. The van der Waals surface area contributed by atoms with E-state index in [9.17, 15) is 4.79 Å². The van der Waals surface area contributed by atoms with Crippen LogP contribution in [0.2, 0.25) is 0 Å². The fourth-order valence-corrected chi connectivity index (χ4v) is 2.81. The van der Waals surface area contributed by atoms with E-state index in [0.29, 0.717) is 36.0 Å². The molecule has 0 aliphatic heterocycles. The molecular formula is C22H29NO5. The van der Waals surface area contributed by atoms with Crippen LogP contribution < -0.4 is 24.3 Å². The van der Waals surface area contributed by atoms with Crippen molar-refractivity contribution < 1.29 is 23.7 Å². The number of hydrogen-bond acceptors (Lipinski definition) is 5. The standard InChI is InChI=1S/C22H29NO5/c1-7-18(28-17-9-8-14(2)15(3)10-17)22(24)23-13-16-11-19(25-4)21(27-6)20(12-16)26-5/h8-12,18H,7,13H2,1-6H3,(H,23,24)/t18-/m1/s1. The third-order valence-electron chi connectivity index (χ3n) is 4.61. The lowest BCUT2D eigenvalue weighted by Gasteiger charge is -2.19. The van der Waals surface area contributed by atoms with Crippen molar-refractivity contribution in [2.75, 3.05) is 21.3 Å². The van der Waals surface area contributed by atoms with Gasteiger partial charge < -0.3 is 24.3 Å². The van der Waals surface area contributed by atoms with E-state index >= 15 is 0 Å². The van der Waals surface area contributed by atoms with Crippen molar-refractivity contribution in [3.8, 4) is 23.0 Å². The fourth-order valence-electron chi connectivity index (χ4n) is 2.81. The molecule has 152 valence electrons. The highest BCUT2D eigenvalue weighted by Crippen LogP contribution is 2.38. The molecule has 0 radical (unpaired) electrons. The normalized spacial score (nSPS) is 11.5. The van der Waals surface area contributed by atoms with E-state index in [1.807, 2.05) is 51.1 Å². The molecule has 0 aromatic heterocycles. The van der Waals surface area contributed by atoms with Crippen LogP contribution in [0.3, 0.4) is 0 Å². The summed E-state index contributed by atoms with van der Waals surface area (Å²) in [6, 6.07) is 9.45. The first kappa shape index (κ1) is 21.4. The summed E-state index contributed by atoms with van der Waals surface area (Å²) in [4.78, 5) is 12.6. The van der Waals surface area contributed by atoms with Gasteiger partial charge in [-0.2, -0.15) is 0 Å². The van der Waals surface area contributed by atoms with E-state index < -0.39 is 6.10 Å². The van der Waals surface area contributed by atoms with Gasteiger partial charge in [0.1, 0.15) is 5.75 Å². The van der Waals surface area contributed by atoms with Crippen LogP contribution >= 0.6 is 0 Å². The Hall–Kier alpha value is -2.89. The maximum absolute atomic E-state index is 12.6. The molecule has 0 saturated heterocycles. The Labute approximate surface area is 166 Å². The van der Waals surface area contributed by atoms with Crippen molar-refractivity contribution in [3.05, 3.63) is 47.0 Å². The van der Waals surface area contributed by atoms with Gasteiger partial charge in [0.25, 0.3) is 5.91 Å². The van der Waals surface area contributed by atoms with Crippen LogP contribution in [0, 0.1) is 13.8 Å². The summed E-state index contributed by atoms with van der Waals surface area (Å²) in [5.41, 5.74) is 3.15. The minimum absolute atomic E-state index is 0.172. The Bertz CT molecular complexity index is 794. The van der Waals surface area contributed by atoms with Gasteiger partial charge in [-0.25, -0.2) is 0 Å². The first-order valence-electron chi connectivity index (χ1n) is 9.23. The van der Waals surface area contributed by atoms with E-state index in [0.717, 1.165) is 11.1 Å². The molecule has 28 heavy (non-hydrogen) atoms. The van der Waals surface area contributed by atoms with Gasteiger partial charge in [-0.1, -0.05) is 13.0 Å². The van der Waals surface area contributed by atoms with Crippen LogP contribution in [0.25, 0.3) is 0 Å². The van der Waals surface area contributed by atoms with Crippen LogP contribution in [-0.4, -0.2) is 33.3 Å². The second-order valence-electron chi connectivity index (χ2n) is 6.51. The molecule has 0 bridgehead atoms. The molecular weight excluding hydrogens is 358 g/mol.